The summed E-state index contributed by atoms with van der Waals surface area (Å²) in [6, 6.07) is -0.133. The van der Waals surface area contributed by atoms with Gasteiger partial charge >= 0.3 is 0 Å². The van der Waals surface area contributed by atoms with Crippen LogP contribution in [0.4, 0.5) is 0 Å². The zero-order valence-corrected chi connectivity index (χ0v) is 11.1. The first-order valence-corrected chi connectivity index (χ1v) is 5.81. The molecule has 0 aromatic rings. The molecule has 17 heavy (non-hydrogen) atoms. The fourth-order valence-electron chi connectivity index (χ4n) is 1.94. The molecule has 1 atom stereocenters. The van der Waals surface area contributed by atoms with E-state index in [2.05, 4.69) is 10.2 Å². The molecular formula is C11H23N3O3. The zero-order chi connectivity index (χ0) is 12.8. The van der Waals surface area contributed by atoms with Crippen molar-refractivity contribution in [2.24, 2.45) is 0 Å². The van der Waals surface area contributed by atoms with Gasteiger partial charge in [0.25, 0.3) is 0 Å². The number of hydrogen-bond donors (Lipinski definition) is 1. The van der Waals surface area contributed by atoms with Crippen LogP contribution in [0.15, 0.2) is 0 Å². The second kappa shape index (κ2) is 6.90. The normalized spacial score (nSPS) is 21.8. The van der Waals surface area contributed by atoms with E-state index in [1.807, 2.05) is 0 Å². The molecule has 0 aromatic carbocycles. The van der Waals surface area contributed by atoms with Crippen LogP contribution in [0.1, 0.15) is 0 Å². The van der Waals surface area contributed by atoms with Crippen LogP contribution in [0.2, 0.25) is 0 Å². The van der Waals surface area contributed by atoms with Crippen molar-refractivity contribution in [2.75, 3.05) is 54.5 Å². The van der Waals surface area contributed by atoms with Gasteiger partial charge in [-0.25, -0.2) is 0 Å². The van der Waals surface area contributed by atoms with E-state index in [-0.39, 0.29) is 18.2 Å². The van der Waals surface area contributed by atoms with Crippen molar-refractivity contribution >= 4 is 5.91 Å². The molecule has 1 amide bonds. The minimum Gasteiger partial charge on any atom is -0.355 e. The summed E-state index contributed by atoms with van der Waals surface area (Å²) in [4.78, 5) is 15.8. The van der Waals surface area contributed by atoms with E-state index in [1.165, 1.54) is 0 Å². The Hall–Kier alpha value is -0.690. The molecule has 1 aliphatic heterocycles. The number of carbonyl (C=O) groups is 1. The second-order valence-electron chi connectivity index (χ2n) is 4.35. The summed E-state index contributed by atoms with van der Waals surface area (Å²) < 4.78 is 10.4. The van der Waals surface area contributed by atoms with Crippen LogP contribution in [0.25, 0.3) is 0 Å². The molecule has 6 nitrogen and oxygen atoms in total. The van der Waals surface area contributed by atoms with Crippen LogP contribution in [0.5, 0.6) is 0 Å². The molecule has 0 saturated carbocycles. The van der Waals surface area contributed by atoms with E-state index in [4.69, 9.17) is 9.47 Å². The van der Waals surface area contributed by atoms with Gasteiger partial charge in [-0.15, -0.1) is 0 Å². The van der Waals surface area contributed by atoms with Gasteiger partial charge in [0, 0.05) is 47.9 Å². The third kappa shape index (κ3) is 3.92. The van der Waals surface area contributed by atoms with E-state index < -0.39 is 0 Å². The highest BCUT2D eigenvalue weighted by molar-refractivity contribution is 5.81. The molecule has 1 unspecified atom stereocenters. The Labute approximate surface area is 103 Å². The molecule has 0 bridgehead atoms. The summed E-state index contributed by atoms with van der Waals surface area (Å²) >= 11 is 0. The Balaban J connectivity index is 2.62. The predicted octanol–water partition coefficient (Wildman–Crippen LogP) is -1.03. The molecule has 100 valence electrons. The Morgan fingerprint density at radius 1 is 1.47 bits per heavy atom. The van der Waals surface area contributed by atoms with Crippen LogP contribution in [-0.2, 0) is 14.3 Å². The molecular weight excluding hydrogens is 222 g/mol. The quantitative estimate of drug-likeness (QED) is 0.628. The molecule has 1 fully saturated rings. The summed E-state index contributed by atoms with van der Waals surface area (Å²) in [5.41, 5.74) is 0. The lowest BCUT2D eigenvalue weighted by molar-refractivity contribution is -0.143. The van der Waals surface area contributed by atoms with Gasteiger partial charge in [-0.2, -0.15) is 0 Å². The number of carbonyl (C=O) groups excluding carboxylic acids is 1. The number of nitrogens with zero attached hydrogens (tertiary/aromatic N) is 2. The SMILES string of the molecule is COC(CN1CCNCC1C(=O)N(C)C)OC. The summed E-state index contributed by atoms with van der Waals surface area (Å²) in [5, 5.41) is 3.24. The van der Waals surface area contributed by atoms with Crippen LogP contribution >= 0.6 is 0 Å². The van der Waals surface area contributed by atoms with Gasteiger partial charge < -0.3 is 19.7 Å². The van der Waals surface area contributed by atoms with E-state index in [9.17, 15) is 4.79 Å². The molecule has 1 saturated heterocycles. The number of rotatable bonds is 5. The van der Waals surface area contributed by atoms with Gasteiger partial charge in [0.05, 0.1) is 6.54 Å². The number of amides is 1. The summed E-state index contributed by atoms with van der Waals surface area (Å²) in [6.45, 7) is 3.00. The average molecular weight is 245 g/mol. The molecule has 1 aliphatic rings. The highest BCUT2D eigenvalue weighted by Crippen LogP contribution is 2.08. The number of hydrogen-bond acceptors (Lipinski definition) is 5. The lowest BCUT2D eigenvalue weighted by Crippen LogP contribution is -2.59. The number of methoxy groups -OCH3 is 2. The van der Waals surface area contributed by atoms with Crippen LogP contribution in [0.3, 0.4) is 0 Å². The molecule has 1 N–H and O–H groups in total. The minimum atomic E-state index is -0.287. The lowest BCUT2D eigenvalue weighted by Gasteiger charge is -2.37. The van der Waals surface area contributed by atoms with Crippen LogP contribution in [0, 0.1) is 0 Å². The van der Waals surface area contributed by atoms with E-state index in [1.54, 1.807) is 33.2 Å². The maximum atomic E-state index is 12.0. The number of piperazine rings is 1. The zero-order valence-electron chi connectivity index (χ0n) is 11.1. The first-order chi connectivity index (χ1) is 8.10. The van der Waals surface area contributed by atoms with Gasteiger partial charge in [0.1, 0.15) is 6.04 Å². The van der Waals surface area contributed by atoms with Crippen molar-refractivity contribution in [3.8, 4) is 0 Å². The molecule has 6 heteroatoms. The number of likely N-dealkylation sites (N-methyl/N-ethyl adjacent to an activating group) is 1. The van der Waals surface area contributed by atoms with Crippen LogP contribution in [-0.4, -0.2) is 82.5 Å². The van der Waals surface area contributed by atoms with Gasteiger partial charge in [0.2, 0.25) is 5.91 Å². The average Bonchev–Trinajstić information content (AvgIpc) is 2.35. The summed E-state index contributed by atoms with van der Waals surface area (Å²) in [5.74, 6) is 0.114. The van der Waals surface area contributed by atoms with Crippen molar-refractivity contribution in [3.05, 3.63) is 0 Å². The maximum Gasteiger partial charge on any atom is 0.240 e. The fourth-order valence-corrected chi connectivity index (χ4v) is 1.94. The molecule has 0 aromatic heterocycles. The van der Waals surface area contributed by atoms with E-state index >= 15 is 0 Å². The molecule has 1 rings (SSSR count). The molecule has 0 spiro atoms. The van der Waals surface area contributed by atoms with Gasteiger partial charge in [-0.1, -0.05) is 0 Å². The Bertz CT molecular complexity index is 244. The van der Waals surface area contributed by atoms with Crippen molar-refractivity contribution in [1.29, 1.82) is 0 Å². The smallest absolute Gasteiger partial charge is 0.240 e. The number of ether oxygens (including phenoxy) is 2. The van der Waals surface area contributed by atoms with Gasteiger partial charge in [-0.3, -0.25) is 9.69 Å². The third-order valence-electron chi connectivity index (χ3n) is 2.99. The first-order valence-electron chi connectivity index (χ1n) is 5.81. The largest absolute Gasteiger partial charge is 0.355 e. The van der Waals surface area contributed by atoms with E-state index in [0.29, 0.717) is 13.1 Å². The Morgan fingerprint density at radius 3 is 2.65 bits per heavy atom. The topological polar surface area (TPSA) is 54.0 Å². The summed E-state index contributed by atoms with van der Waals surface area (Å²) in [7, 11) is 6.77. The lowest BCUT2D eigenvalue weighted by atomic mass is 10.1. The first kappa shape index (κ1) is 14.4. The minimum absolute atomic E-state index is 0.114. The Morgan fingerprint density at radius 2 is 2.12 bits per heavy atom. The summed E-state index contributed by atoms with van der Waals surface area (Å²) in [6.07, 6.45) is -0.287. The predicted molar refractivity (Wildman–Crippen MR) is 64.7 cm³/mol. The standard InChI is InChI=1S/C11H23N3O3/c1-13(2)11(15)9-7-12-5-6-14(9)8-10(16-3)17-4/h9-10,12H,5-8H2,1-4H3. The van der Waals surface area contributed by atoms with Crippen molar-refractivity contribution in [1.82, 2.24) is 15.1 Å². The van der Waals surface area contributed by atoms with Crippen molar-refractivity contribution < 1.29 is 14.3 Å². The highest BCUT2D eigenvalue weighted by atomic mass is 16.7. The molecule has 0 radical (unpaired) electrons. The second-order valence-corrected chi connectivity index (χ2v) is 4.35. The maximum absolute atomic E-state index is 12.0. The Kier molecular flexibility index (Phi) is 5.84. The molecule has 0 aliphatic carbocycles. The number of nitrogens with one attached hydrogen (secondary N) is 1. The fraction of sp³-hybridized carbons (Fsp3) is 0.909. The van der Waals surface area contributed by atoms with Gasteiger partial charge in [-0.05, 0) is 0 Å². The van der Waals surface area contributed by atoms with Crippen LogP contribution < -0.4 is 5.32 Å². The third-order valence-corrected chi connectivity index (χ3v) is 2.99. The monoisotopic (exact) mass is 245 g/mol. The highest BCUT2D eigenvalue weighted by Gasteiger charge is 2.31. The van der Waals surface area contributed by atoms with Crippen molar-refractivity contribution in [3.63, 3.8) is 0 Å². The van der Waals surface area contributed by atoms with Gasteiger partial charge in [0.15, 0.2) is 6.29 Å². The van der Waals surface area contributed by atoms with E-state index in [0.717, 1.165) is 13.1 Å². The van der Waals surface area contributed by atoms with Crippen molar-refractivity contribution in [2.45, 2.75) is 12.3 Å². The molecule has 1 heterocycles.